The minimum absolute atomic E-state index is 0.175. The molecule has 0 aliphatic heterocycles. The van der Waals surface area contributed by atoms with E-state index in [4.69, 9.17) is 0 Å². The molecule has 0 radical (unpaired) electrons. The number of carbonyl (C=O) groups excluding carboxylic acids is 1. The number of esters is 1. The second-order valence-electron chi connectivity index (χ2n) is 4.31. The number of ether oxygens (including phenoxy) is 1. The molecule has 0 spiro atoms. The van der Waals surface area contributed by atoms with Crippen molar-refractivity contribution in [3.8, 4) is 0 Å². The quantitative estimate of drug-likeness (QED) is 0.698. The predicted octanol–water partition coefficient (Wildman–Crippen LogP) is 1.14. The molecule has 1 aliphatic carbocycles. The normalized spacial score (nSPS) is 18.3. The van der Waals surface area contributed by atoms with E-state index >= 15 is 0 Å². The Morgan fingerprint density at radius 1 is 1.29 bits per heavy atom. The van der Waals surface area contributed by atoms with Crippen LogP contribution in [-0.4, -0.2) is 44.1 Å². The monoisotopic (exact) mass is 263 g/mol. The van der Waals surface area contributed by atoms with Crippen LogP contribution >= 0.6 is 0 Å². The summed E-state index contributed by atoms with van der Waals surface area (Å²) < 4.78 is 30.3. The highest BCUT2D eigenvalue weighted by Crippen LogP contribution is 2.25. The SMILES string of the molecule is CCN(CC(=O)OC)S(=O)(=O)C1CCCCC1. The summed E-state index contributed by atoms with van der Waals surface area (Å²) >= 11 is 0. The summed E-state index contributed by atoms with van der Waals surface area (Å²) in [5.74, 6) is -0.508. The first-order chi connectivity index (χ1) is 8.02. The Morgan fingerprint density at radius 2 is 1.88 bits per heavy atom. The molecule has 0 amide bonds. The molecule has 1 rings (SSSR count). The first-order valence-electron chi connectivity index (χ1n) is 6.08. The summed E-state index contributed by atoms with van der Waals surface area (Å²) in [5.41, 5.74) is 0. The second-order valence-corrected chi connectivity index (χ2v) is 6.52. The van der Waals surface area contributed by atoms with Crippen molar-refractivity contribution in [1.82, 2.24) is 4.31 Å². The maximum Gasteiger partial charge on any atom is 0.321 e. The van der Waals surface area contributed by atoms with Crippen LogP contribution in [0.25, 0.3) is 0 Å². The zero-order valence-electron chi connectivity index (χ0n) is 10.5. The van der Waals surface area contributed by atoms with Crippen LogP contribution in [0.1, 0.15) is 39.0 Å². The topological polar surface area (TPSA) is 63.7 Å². The Hall–Kier alpha value is -0.620. The fourth-order valence-corrected chi connectivity index (χ4v) is 4.16. The van der Waals surface area contributed by atoms with Gasteiger partial charge in [-0.2, -0.15) is 4.31 Å². The lowest BCUT2D eigenvalue weighted by molar-refractivity contribution is -0.140. The van der Waals surface area contributed by atoms with E-state index in [0.717, 1.165) is 19.3 Å². The fourth-order valence-electron chi connectivity index (χ4n) is 2.16. The molecule has 0 unspecified atom stereocenters. The molecule has 17 heavy (non-hydrogen) atoms. The van der Waals surface area contributed by atoms with Crippen molar-refractivity contribution in [2.24, 2.45) is 0 Å². The van der Waals surface area contributed by atoms with Crippen LogP contribution in [0.2, 0.25) is 0 Å². The van der Waals surface area contributed by atoms with Crippen LogP contribution in [0, 0.1) is 0 Å². The molecule has 0 heterocycles. The van der Waals surface area contributed by atoms with Crippen molar-refractivity contribution in [3.63, 3.8) is 0 Å². The first kappa shape index (κ1) is 14.4. The number of likely N-dealkylation sites (N-methyl/N-ethyl adjacent to an activating group) is 1. The lowest BCUT2D eigenvalue weighted by atomic mass is 10.0. The average Bonchev–Trinajstić information content (AvgIpc) is 2.36. The molecule has 1 saturated carbocycles. The van der Waals surface area contributed by atoms with Crippen LogP contribution in [0.15, 0.2) is 0 Å². The summed E-state index contributed by atoms with van der Waals surface area (Å²) in [5, 5.41) is -0.319. The number of nitrogens with zero attached hydrogens (tertiary/aromatic N) is 1. The Labute approximate surface area is 103 Å². The zero-order chi connectivity index (χ0) is 12.9. The first-order valence-corrected chi connectivity index (χ1v) is 7.58. The van der Waals surface area contributed by atoms with Gasteiger partial charge < -0.3 is 4.74 Å². The minimum atomic E-state index is -3.35. The maximum atomic E-state index is 12.3. The smallest absolute Gasteiger partial charge is 0.321 e. The van der Waals surface area contributed by atoms with Gasteiger partial charge in [-0.25, -0.2) is 8.42 Å². The third-order valence-corrected chi connectivity index (χ3v) is 5.64. The van der Waals surface area contributed by atoms with E-state index in [0.29, 0.717) is 19.4 Å². The van der Waals surface area contributed by atoms with E-state index in [2.05, 4.69) is 4.74 Å². The van der Waals surface area contributed by atoms with Gasteiger partial charge in [0.15, 0.2) is 0 Å². The van der Waals surface area contributed by atoms with Gasteiger partial charge in [0.1, 0.15) is 6.54 Å². The zero-order valence-corrected chi connectivity index (χ0v) is 11.3. The largest absolute Gasteiger partial charge is 0.468 e. The van der Waals surface area contributed by atoms with Crippen molar-refractivity contribution in [1.29, 1.82) is 0 Å². The Bertz CT molecular complexity index is 346. The molecule has 0 atom stereocenters. The highest BCUT2D eigenvalue weighted by atomic mass is 32.2. The van der Waals surface area contributed by atoms with Gasteiger partial charge in [-0.1, -0.05) is 26.2 Å². The van der Waals surface area contributed by atoms with E-state index < -0.39 is 16.0 Å². The van der Waals surface area contributed by atoms with Gasteiger partial charge in [0.2, 0.25) is 10.0 Å². The number of methoxy groups -OCH3 is 1. The summed E-state index contributed by atoms with van der Waals surface area (Å²) in [7, 11) is -2.08. The second kappa shape index (κ2) is 6.35. The molecule has 1 fully saturated rings. The highest BCUT2D eigenvalue weighted by molar-refractivity contribution is 7.89. The molecule has 5 nitrogen and oxygen atoms in total. The third-order valence-electron chi connectivity index (χ3n) is 3.22. The van der Waals surface area contributed by atoms with Crippen molar-refractivity contribution < 1.29 is 17.9 Å². The molecule has 0 aromatic rings. The van der Waals surface area contributed by atoms with Crippen LogP contribution < -0.4 is 0 Å². The molecule has 0 aromatic carbocycles. The molecule has 6 heteroatoms. The van der Waals surface area contributed by atoms with Crippen LogP contribution in [0.5, 0.6) is 0 Å². The molecule has 0 saturated heterocycles. The van der Waals surface area contributed by atoms with E-state index in [1.807, 2.05) is 0 Å². The van der Waals surface area contributed by atoms with Gasteiger partial charge in [-0.3, -0.25) is 4.79 Å². The standard InChI is InChI=1S/C11H21NO4S/c1-3-12(9-11(13)16-2)17(14,15)10-7-5-4-6-8-10/h10H,3-9H2,1-2H3. The summed E-state index contributed by atoms with van der Waals surface area (Å²) in [4.78, 5) is 11.2. The Kier molecular flexibility index (Phi) is 5.39. The highest BCUT2D eigenvalue weighted by Gasteiger charge is 2.33. The number of rotatable bonds is 5. The van der Waals surface area contributed by atoms with Crippen LogP contribution in [0.4, 0.5) is 0 Å². The minimum Gasteiger partial charge on any atom is -0.468 e. The van der Waals surface area contributed by atoms with E-state index in [1.54, 1.807) is 6.92 Å². The van der Waals surface area contributed by atoms with Crippen molar-refractivity contribution in [2.45, 2.75) is 44.3 Å². The molecule has 0 N–H and O–H groups in total. The number of hydrogen-bond donors (Lipinski definition) is 0. The molecular formula is C11H21NO4S. The number of sulfonamides is 1. The molecule has 1 aliphatic rings. The third kappa shape index (κ3) is 3.67. The van der Waals surface area contributed by atoms with Gasteiger partial charge >= 0.3 is 5.97 Å². The summed E-state index contributed by atoms with van der Waals surface area (Å²) in [6, 6.07) is 0. The Morgan fingerprint density at radius 3 is 2.35 bits per heavy atom. The predicted molar refractivity (Wildman–Crippen MR) is 65.1 cm³/mol. The van der Waals surface area contributed by atoms with Crippen molar-refractivity contribution in [2.75, 3.05) is 20.2 Å². The number of carbonyl (C=O) groups is 1. The molecule has 0 aromatic heterocycles. The van der Waals surface area contributed by atoms with Crippen LogP contribution in [-0.2, 0) is 19.6 Å². The molecule has 100 valence electrons. The summed E-state index contributed by atoms with van der Waals surface area (Å²) in [6.45, 7) is 1.88. The van der Waals surface area contributed by atoms with Crippen molar-refractivity contribution in [3.05, 3.63) is 0 Å². The van der Waals surface area contributed by atoms with Gasteiger partial charge in [-0.15, -0.1) is 0 Å². The van der Waals surface area contributed by atoms with Gasteiger partial charge in [0.25, 0.3) is 0 Å². The van der Waals surface area contributed by atoms with E-state index in [9.17, 15) is 13.2 Å². The molecular weight excluding hydrogens is 242 g/mol. The average molecular weight is 263 g/mol. The lowest BCUT2D eigenvalue weighted by Gasteiger charge is -2.28. The van der Waals surface area contributed by atoms with E-state index in [1.165, 1.54) is 11.4 Å². The van der Waals surface area contributed by atoms with E-state index in [-0.39, 0.29) is 11.8 Å². The molecule has 0 bridgehead atoms. The van der Waals surface area contributed by atoms with Gasteiger partial charge in [0, 0.05) is 6.54 Å². The maximum absolute atomic E-state index is 12.3. The van der Waals surface area contributed by atoms with Gasteiger partial charge in [0.05, 0.1) is 12.4 Å². The number of hydrogen-bond acceptors (Lipinski definition) is 4. The lowest BCUT2D eigenvalue weighted by Crippen LogP contribution is -2.42. The summed E-state index contributed by atoms with van der Waals surface area (Å²) in [6.07, 6.45) is 4.44. The van der Waals surface area contributed by atoms with Crippen LogP contribution in [0.3, 0.4) is 0 Å². The Balaban J connectivity index is 2.74. The van der Waals surface area contributed by atoms with Crippen molar-refractivity contribution >= 4 is 16.0 Å². The van der Waals surface area contributed by atoms with Gasteiger partial charge in [-0.05, 0) is 12.8 Å². The fraction of sp³-hybridized carbons (Fsp3) is 0.909.